The molecule has 126 valence electrons. The third-order valence-corrected chi connectivity index (χ3v) is 3.54. The second-order valence-electron chi connectivity index (χ2n) is 5.46. The monoisotopic (exact) mass is 330 g/mol. The minimum absolute atomic E-state index is 0.0243. The Morgan fingerprint density at radius 2 is 1.92 bits per heavy atom. The molecule has 0 aromatic heterocycles. The van der Waals surface area contributed by atoms with Crippen molar-refractivity contribution in [3.8, 4) is 0 Å². The molecule has 6 heteroatoms. The SMILES string of the molecule is CC(=O)Nc1cc(C(=O)NCC(O)c2ccccc2C)ccc1F. The summed E-state index contributed by atoms with van der Waals surface area (Å²) in [4.78, 5) is 23.2. The fraction of sp³-hybridized carbons (Fsp3) is 0.222. The van der Waals surface area contributed by atoms with Gasteiger partial charge in [-0.2, -0.15) is 0 Å². The van der Waals surface area contributed by atoms with Gasteiger partial charge in [0, 0.05) is 19.0 Å². The van der Waals surface area contributed by atoms with Crippen LogP contribution in [0.3, 0.4) is 0 Å². The highest BCUT2D eigenvalue weighted by Gasteiger charge is 2.14. The van der Waals surface area contributed by atoms with Gasteiger partial charge in [0.1, 0.15) is 5.82 Å². The minimum Gasteiger partial charge on any atom is -0.387 e. The summed E-state index contributed by atoms with van der Waals surface area (Å²) in [5.74, 6) is -1.52. The first kappa shape index (κ1) is 17.6. The Bertz CT molecular complexity index is 762. The Balaban J connectivity index is 2.05. The van der Waals surface area contributed by atoms with Crippen LogP contribution in [0.2, 0.25) is 0 Å². The number of rotatable bonds is 5. The first-order valence-corrected chi connectivity index (χ1v) is 7.47. The normalized spacial score (nSPS) is 11.7. The number of halogens is 1. The lowest BCUT2D eigenvalue weighted by Crippen LogP contribution is -2.28. The number of aliphatic hydroxyl groups excluding tert-OH is 1. The molecule has 0 bridgehead atoms. The number of hydrogen-bond donors (Lipinski definition) is 3. The van der Waals surface area contributed by atoms with Crippen molar-refractivity contribution in [3.63, 3.8) is 0 Å². The fourth-order valence-electron chi connectivity index (χ4n) is 2.31. The second kappa shape index (κ2) is 7.70. The first-order valence-electron chi connectivity index (χ1n) is 7.47. The molecule has 0 radical (unpaired) electrons. The predicted octanol–water partition coefficient (Wildman–Crippen LogP) is 2.56. The molecule has 1 unspecified atom stereocenters. The van der Waals surface area contributed by atoms with Gasteiger partial charge in [-0.15, -0.1) is 0 Å². The molecule has 2 amide bonds. The third-order valence-electron chi connectivity index (χ3n) is 3.54. The highest BCUT2D eigenvalue weighted by molar-refractivity contribution is 5.96. The van der Waals surface area contributed by atoms with E-state index >= 15 is 0 Å². The van der Waals surface area contributed by atoms with Gasteiger partial charge in [-0.05, 0) is 36.2 Å². The maximum absolute atomic E-state index is 13.6. The molecule has 2 aromatic carbocycles. The van der Waals surface area contributed by atoms with E-state index in [0.717, 1.165) is 17.2 Å². The second-order valence-corrected chi connectivity index (χ2v) is 5.46. The van der Waals surface area contributed by atoms with Crippen LogP contribution >= 0.6 is 0 Å². The van der Waals surface area contributed by atoms with Crippen LogP contribution in [0.1, 0.15) is 34.5 Å². The quantitative estimate of drug-likeness (QED) is 0.788. The van der Waals surface area contributed by atoms with Crippen LogP contribution in [-0.2, 0) is 4.79 Å². The zero-order valence-electron chi connectivity index (χ0n) is 13.5. The van der Waals surface area contributed by atoms with Crippen LogP contribution in [0.25, 0.3) is 0 Å². The number of carbonyl (C=O) groups excluding carboxylic acids is 2. The average Bonchev–Trinajstić information content (AvgIpc) is 2.54. The number of anilines is 1. The van der Waals surface area contributed by atoms with Crippen molar-refractivity contribution in [1.29, 1.82) is 0 Å². The molecule has 2 rings (SSSR count). The summed E-state index contributed by atoms with van der Waals surface area (Å²) in [5, 5.41) is 15.1. The Morgan fingerprint density at radius 1 is 1.21 bits per heavy atom. The number of hydrogen-bond acceptors (Lipinski definition) is 3. The van der Waals surface area contributed by atoms with Crippen molar-refractivity contribution in [2.45, 2.75) is 20.0 Å². The largest absolute Gasteiger partial charge is 0.387 e. The maximum Gasteiger partial charge on any atom is 0.251 e. The van der Waals surface area contributed by atoms with Crippen LogP contribution in [0.5, 0.6) is 0 Å². The van der Waals surface area contributed by atoms with Gasteiger partial charge in [0.2, 0.25) is 5.91 Å². The van der Waals surface area contributed by atoms with E-state index in [4.69, 9.17) is 0 Å². The molecule has 0 fully saturated rings. The van der Waals surface area contributed by atoms with Crippen LogP contribution in [0, 0.1) is 12.7 Å². The molecule has 2 aromatic rings. The van der Waals surface area contributed by atoms with Crippen LogP contribution in [0.15, 0.2) is 42.5 Å². The van der Waals surface area contributed by atoms with E-state index in [2.05, 4.69) is 10.6 Å². The lowest BCUT2D eigenvalue weighted by atomic mass is 10.0. The van der Waals surface area contributed by atoms with Gasteiger partial charge in [0.25, 0.3) is 5.91 Å². The third kappa shape index (κ3) is 4.39. The summed E-state index contributed by atoms with van der Waals surface area (Å²) >= 11 is 0. The van der Waals surface area contributed by atoms with Crippen molar-refractivity contribution in [2.75, 3.05) is 11.9 Å². The van der Waals surface area contributed by atoms with E-state index < -0.39 is 23.7 Å². The van der Waals surface area contributed by atoms with Crippen molar-refractivity contribution < 1.29 is 19.1 Å². The highest BCUT2D eigenvalue weighted by atomic mass is 19.1. The fourth-order valence-corrected chi connectivity index (χ4v) is 2.31. The van der Waals surface area contributed by atoms with Gasteiger partial charge < -0.3 is 15.7 Å². The van der Waals surface area contributed by atoms with Crippen LogP contribution < -0.4 is 10.6 Å². The van der Waals surface area contributed by atoms with Gasteiger partial charge in [-0.1, -0.05) is 24.3 Å². The molecule has 0 aliphatic heterocycles. The highest BCUT2D eigenvalue weighted by Crippen LogP contribution is 2.18. The van der Waals surface area contributed by atoms with Crippen LogP contribution in [-0.4, -0.2) is 23.5 Å². The zero-order valence-corrected chi connectivity index (χ0v) is 13.5. The van der Waals surface area contributed by atoms with Crippen LogP contribution in [0.4, 0.5) is 10.1 Å². The molecule has 0 saturated heterocycles. The van der Waals surface area contributed by atoms with Crippen molar-refractivity contribution in [1.82, 2.24) is 5.32 Å². The van der Waals surface area contributed by atoms with Crippen molar-refractivity contribution in [3.05, 3.63) is 65.0 Å². The van der Waals surface area contributed by atoms with E-state index in [1.807, 2.05) is 25.1 Å². The number of amides is 2. The summed E-state index contributed by atoms with van der Waals surface area (Å²) in [6, 6.07) is 11.0. The van der Waals surface area contributed by atoms with Gasteiger partial charge in [-0.3, -0.25) is 9.59 Å². The number of aliphatic hydroxyl groups is 1. The van der Waals surface area contributed by atoms with Crippen molar-refractivity contribution in [2.24, 2.45) is 0 Å². The Kier molecular flexibility index (Phi) is 5.65. The van der Waals surface area contributed by atoms with Crippen molar-refractivity contribution >= 4 is 17.5 Å². The lowest BCUT2D eigenvalue weighted by Gasteiger charge is -2.15. The molecular formula is C18H19FN2O3. The summed E-state index contributed by atoms with van der Waals surface area (Å²) in [6.07, 6.45) is -0.842. The van der Waals surface area contributed by atoms with Gasteiger partial charge in [0.15, 0.2) is 0 Å². The number of aryl methyl sites for hydroxylation is 1. The number of nitrogens with one attached hydrogen (secondary N) is 2. The summed E-state index contributed by atoms with van der Waals surface area (Å²) in [5.41, 5.74) is 1.79. The molecule has 24 heavy (non-hydrogen) atoms. The van der Waals surface area contributed by atoms with E-state index in [1.54, 1.807) is 6.07 Å². The molecule has 5 nitrogen and oxygen atoms in total. The Morgan fingerprint density at radius 3 is 2.58 bits per heavy atom. The van der Waals surface area contributed by atoms with Gasteiger partial charge in [-0.25, -0.2) is 4.39 Å². The molecular weight excluding hydrogens is 311 g/mol. The molecule has 0 aliphatic carbocycles. The molecule has 0 heterocycles. The van der Waals surface area contributed by atoms with Gasteiger partial charge in [0.05, 0.1) is 11.8 Å². The molecule has 0 spiro atoms. The van der Waals surface area contributed by atoms with E-state index in [0.29, 0.717) is 0 Å². The zero-order chi connectivity index (χ0) is 17.7. The standard InChI is InChI=1S/C18H19FN2O3/c1-11-5-3-4-6-14(11)17(23)10-20-18(24)13-7-8-15(19)16(9-13)21-12(2)22/h3-9,17,23H,10H2,1-2H3,(H,20,24)(H,21,22). The lowest BCUT2D eigenvalue weighted by molar-refractivity contribution is -0.114. The maximum atomic E-state index is 13.6. The summed E-state index contributed by atoms with van der Waals surface area (Å²) in [7, 11) is 0. The molecule has 0 aliphatic rings. The molecule has 3 N–H and O–H groups in total. The first-order chi connectivity index (χ1) is 11.4. The Labute approximate surface area is 139 Å². The summed E-state index contributed by atoms with van der Waals surface area (Å²) in [6.45, 7) is 3.15. The average molecular weight is 330 g/mol. The van der Waals surface area contributed by atoms with Gasteiger partial charge >= 0.3 is 0 Å². The predicted molar refractivity (Wildman–Crippen MR) is 89.2 cm³/mol. The Hall–Kier alpha value is -2.73. The van der Waals surface area contributed by atoms with E-state index in [1.165, 1.54) is 19.1 Å². The van der Waals surface area contributed by atoms with E-state index in [-0.39, 0.29) is 17.8 Å². The topological polar surface area (TPSA) is 78.4 Å². The van der Waals surface area contributed by atoms with E-state index in [9.17, 15) is 19.1 Å². The minimum atomic E-state index is -0.842. The number of benzene rings is 2. The number of carbonyl (C=O) groups is 2. The summed E-state index contributed by atoms with van der Waals surface area (Å²) < 4.78 is 13.6. The smallest absolute Gasteiger partial charge is 0.251 e. The molecule has 0 saturated carbocycles. The molecule has 1 atom stereocenters.